The van der Waals surface area contributed by atoms with Gasteiger partial charge in [-0.2, -0.15) is 0 Å². The van der Waals surface area contributed by atoms with E-state index >= 15 is 0 Å². The summed E-state index contributed by atoms with van der Waals surface area (Å²) < 4.78 is 0. The van der Waals surface area contributed by atoms with Crippen molar-refractivity contribution in [3.63, 3.8) is 0 Å². The number of rotatable bonds is 3. The van der Waals surface area contributed by atoms with Gasteiger partial charge in [-0.15, -0.1) is 0 Å². The quantitative estimate of drug-likeness (QED) is 0.558. The fourth-order valence-electron chi connectivity index (χ4n) is 0.669. The predicted octanol–water partition coefficient (Wildman–Crippen LogP) is 0.672. The van der Waals surface area contributed by atoms with E-state index in [4.69, 9.17) is 4.84 Å². The van der Waals surface area contributed by atoms with Gasteiger partial charge in [0, 0.05) is 0 Å². The third kappa shape index (κ3) is 2.01. The van der Waals surface area contributed by atoms with Gasteiger partial charge in [0.1, 0.15) is 6.34 Å². The van der Waals surface area contributed by atoms with Crippen molar-refractivity contribution in [2.45, 2.75) is 13.3 Å². The highest BCUT2D eigenvalue weighted by Crippen LogP contribution is 1.94. The lowest BCUT2D eigenvalue weighted by atomic mass is 10.5. The summed E-state index contributed by atoms with van der Waals surface area (Å²) in [6.45, 7) is 4.68. The number of nitrogens with zero attached hydrogens (tertiary/aromatic N) is 2. The van der Waals surface area contributed by atoms with E-state index in [0.717, 1.165) is 26.1 Å². The van der Waals surface area contributed by atoms with Crippen LogP contribution in [0, 0.1) is 0 Å². The van der Waals surface area contributed by atoms with Gasteiger partial charge in [-0.05, 0) is 6.42 Å². The largest absolute Gasteiger partial charge is 0.273 e. The van der Waals surface area contributed by atoms with Gasteiger partial charge in [0.05, 0.1) is 19.7 Å². The third-order valence-corrected chi connectivity index (χ3v) is 1.12. The molecule has 1 heterocycles. The first-order valence-electron chi connectivity index (χ1n) is 3.33. The normalized spacial score (nSPS) is 17.2. The molecule has 0 aromatic carbocycles. The maximum absolute atomic E-state index is 5.24. The van der Waals surface area contributed by atoms with Gasteiger partial charge in [-0.25, -0.2) is 5.06 Å². The summed E-state index contributed by atoms with van der Waals surface area (Å²) >= 11 is 0. The molecule has 3 heteroatoms. The molecule has 0 atom stereocenters. The zero-order chi connectivity index (χ0) is 6.53. The molecule has 3 nitrogen and oxygen atoms in total. The van der Waals surface area contributed by atoms with Crippen LogP contribution < -0.4 is 0 Å². The third-order valence-electron chi connectivity index (χ3n) is 1.12. The van der Waals surface area contributed by atoms with Crippen LogP contribution in [0.3, 0.4) is 0 Å². The Morgan fingerprint density at radius 2 is 2.67 bits per heavy atom. The first-order chi connectivity index (χ1) is 4.43. The highest BCUT2D eigenvalue weighted by atomic mass is 16.7. The molecule has 9 heavy (non-hydrogen) atoms. The lowest BCUT2D eigenvalue weighted by Crippen LogP contribution is -2.20. The van der Waals surface area contributed by atoms with Crippen LogP contribution in [0.15, 0.2) is 4.99 Å². The van der Waals surface area contributed by atoms with Crippen molar-refractivity contribution >= 4 is 6.34 Å². The maximum atomic E-state index is 5.24. The zero-order valence-electron chi connectivity index (χ0n) is 5.71. The summed E-state index contributed by atoms with van der Waals surface area (Å²) in [4.78, 5) is 9.23. The van der Waals surface area contributed by atoms with Crippen LogP contribution in [-0.4, -0.2) is 31.1 Å². The molecule has 0 amide bonds. The van der Waals surface area contributed by atoms with E-state index in [1.54, 1.807) is 11.4 Å². The van der Waals surface area contributed by atoms with E-state index in [2.05, 4.69) is 11.9 Å². The van der Waals surface area contributed by atoms with Gasteiger partial charge in [0.2, 0.25) is 0 Å². The Balaban J connectivity index is 2.05. The van der Waals surface area contributed by atoms with E-state index in [1.807, 2.05) is 0 Å². The van der Waals surface area contributed by atoms with Gasteiger partial charge in [-0.3, -0.25) is 9.83 Å². The summed E-state index contributed by atoms with van der Waals surface area (Å²) in [5, 5.41) is 1.78. The summed E-state index contributed by atoms with van der Waals surface area (Å²) in [6.07, 6.45) is 2.81. The Hall–Kier alpha value is -0.570. The molecular weight excluding hydrogens is 116 g/mol. The average Bonchev–Trinajstić information content (AvgIpc) is 2.34. The molecule has 0 N–H and O–H groups in total. The van der Waals surface area contributed by atoms with Crippen LogP contribution in [0.5, 0.6) is 0 Å². The van der Waals surface area contributed by atoms with Crippen LogP contribution in [0.25, 0.3) is 0 Å². The molecule has 0 spiro atoms. The Morgan fingerprint density at radius 3 is 3.22 bits per heavy atom. The number of hydroxylamine groups is 2. The van der Waals surface area contributed by atoms with E-state index in [1.165, 1.54) is 0 Å². The van der Waals surface area contributed by atoms with Gasteiger partial charge >= 0.3 is 0 Å². The summed E-state index contributed by atoms with van der Waals surface area (Å²) in [7, 11) is 0. The van der Waals surface area contributed by atoms with Crippen LogP contribution in [0.2, 0.25) is 0 Å². The van der Waals surface area contributed by atoms with Crippen molar-refractivity contribution in [1.29, 1.82) is 0 Å². The van der Waals surface area contributed by atoms with Crippen LogP contribution in [0.4, 0.5) is 0 Å². The summed E-state index contributed by atoms with van der Waals surface area (Å²) in [6, 6.07) is 0. The fourth-order valence-corrected chi connectivity index (χ4v) is 0.669. The van der Waals surface area contributed by atoms with E-state index < -0.39 is 0 Å². The van der Waals surface area contributed by atoms with E-state index in [0.29, 0.717) is 0 Å². The molecule has 0 saturated carbocycles. The Morgan fingerprint density at radius 1 is 1.78 bits per heavy atom. The smallest absolute Gasteiger partial charge is 0.110 e. The Kier molecular flexibility index (Phi) is 2.51. The Bertz CT molecular complexity index is 103. The fraction of sp³-hybridized carbons (Fsp3) is 0.833. The zero-order valence-corrected chi connectivity index (χ0v) is 5.71. The molecule has 0 saturated heterocycles. The minimum atomic E-state index is 0.798. The number of aliphatic imine (C=N–C) groups is 1. The van der Waals surface area contributed by atoms with E-state index in [-0.39, 0.29) is 0 Å². The standard InChI is InChI=1S/C6H12N2O/c1-2-5-9-8-4-3-7-6-8/h6H,2-5H2,1H3. The van der Waals surface area contributed by atoms with E-state index in [9.17, 15) is 0 Å². The average molecular weight is 128 g/mol. The lowest BCUT2D eigenvalue weighted by molar-refractivity contribution is -0.0864. The summed E-state index contributed by atoms with van der Waals surface area (Å²) in [5.74, 6) is 0. The van der Waals surface area contributed by atoms with Gasteiger partial charge < -0.3 is 0 Å². The second-order valence-electron chi connectivity index (χ2n) is 2.00. The molecule has 0 radical (unpaired) electrons. The number of hydrogen-bond donors (Lipinski definition) is 0. The minimum absolute atomic E-state index is 0.798. The maximum Gasteiger partial charge on any atom is 0.110 e. The number of hydrogen-bond acceptors (Lipinski definition) is 3. The predicted molar refractivity (Wildman–Crippen MR) is 36.3 cm³/mol. The van der Waals surface area contributed by atoms with Crippen molar-refractivity contribution in [3.8, 4) is 0 Å². The molecule has 0 unspecified atom stereocenters. The molecular formula is C6H12N2O. The summed E-state index contributed by atoms with van der Waals surface area (Å²) in [5.41, 5.74) is 0. The molecule has 1 aliphatic rings. The van der Waals surface area contributed by atoms with Crippen molar-refractivity contribution in [1.82, 2.24) is 5.06 Å². The molecule has 0 aromatic heterocycles. The van der Waals surface area contributed by atoms with Gasteiger partial charge in [0.25, 0.3) is 0 Å². The molecule has 1 rings (SSSR count). The van der Waals surface area contributed by atoms with Crippen molar-refractivity contribution < 1.29 is 4.84 Å². The molecule has 1 aliphatic heterocycles. The highest BCUT2D eigenvalue weighted by Gasteiger charge is 2.02. The molecule has 0 aromatic rings. The minimum Gasteiger partial charge on any atom is -0.273 e. The topological polar surface area (TPSA) is 24.8 Å². The molecule has 52 valence electrons. The lowest BCUT2D eigenvalue weighted by Gasteiger charge is -2.11. The van der Waals surface area contributed by atoms with Crippen molar-refractivity contribution in [3.05, 3.63) is 0 Å². The SMILES string of the molecule is CCCON1C=NCC1. The van der Waals surface area contributed by atoms with Gasteiger partial charge in [0.15, 0.2) is 0 Å². The molecule has 0 aliphatic carbocycles. The molecule has 0 bridgehead atoms. The highest BCUT2D eigenvalue weighted by molar-refractivity contribution is 5.55. The molecule has 0 fully saturated rings. The van der Waals surface area contributed by atoms with Crippen molar-refractivity contribution in [2.75, 3.05) is 19.7 Å². The van der Waals surface area contributed by atoms with Gasteiger partial charge in [-0.1, -0.05) is 6.92 Å². The van der Waals surface area contributed by atoms with Crippen LogP contribution in [-0.2, 0) is 4.84 Å². The van der Waals surface area contributed by atoms with Crippen LogP contribution in [0.1, 0.15) is 13.3 Å². The first kappa shape index (κ1) is 6.55. The first-order valence-corrected chi connectivity index (χ1v) is 3.33. The second-order valence-corrected chi connectivity index (χ2v) is 2.00. The van der Waals surface area contributed by atoms with Crippen LogP contribution >= 0.6 is 0 Å². The Labute approximate surface area is 55.3 Å². The van der Waals surface area contributed by atoms with Crippen molar-refractivity contribution in [2.24, 2.45) is 4.99 Å². The second kappa shape index (κ2) is 3.45. The monoisotopic (exact) mass is 128 g/mol.